The number of likely N-dealkylation sites (tertiary alicyclic amines) is 1. The molecule has 1 aliphatic rings. The lowest BCUT2D eigenvalue weighted by molar-refractivity contribution is 0.0522. The van der Waals surface area contributed by atoms with Gasteiger partial charge in [0.2, 0.25) is 0 Å². The third kappa shape index (κ3) is 3.89. The Morgan fingerprint density at radius 1 is 1.28 bits per heavy atom. The first kappa shape index (κ1) is 22.0. The van der Waals surface area contributed by atoms with Crippen LogP contribution in [0.25, 0.3) is 22.2 Å². The van der Waals surface area contributed by atoms with Crippen molar-refractivity contribution in [2.45, 2.75) is 45.6 Å². The predicted molar refractivity (Wildman–Crippen MR) is 118 cm³/mol. The fraction of sp³-hybridized carbons (Fsp3) is 0.417. The lowest BCUT2D eigenvalue weighted by atomic mass is 9.76. The van der Waals surface area contributed by atoms with Crippen molar-refractivity contribution >= 4 is 17.1 Å². The van der Waals surface area contributed by atoms with Gasteiger partial charge in [0.15, 0.2) is 0 Å². The van der Waals surface area contributed by atoms with E-state index in [-0.39, 0.29) is 22.9 Å². The largest absolute Gasteiger partial charge is 0.496 e. The Labute approximate surface area is 185 Å². The zero-order valence-corrected chi connectivity index (χ0v) is 18.6. The smallest absolute Gasteiger partial charge is 0.407 e. The number of rotatable bonds is 3. The van der Waals surface area contributed by atoms with E-state index in [2.05, 4.69) is 9.97 Å². The van der Waals surface area contributed by atoms with Crippen LogP contribution < -0.4 is 4.74 Å². The lowest BCUT2D eigenvalue weighted by Gasteiger charge is -2.44. The second kappa shape index (κ2) is 8.07. The van der Waals surface area contributed by atoms with Crippen molar-refractivity contribution in [2.75, 3.05) is 13.7 Å². The van der Waals surface area contributed by atoms with Crippen LogP contribution in [-0.2, 0) is 0 Å². The van der Waals surface area contributed by atoms with E-state index in [9.17, 15) is 18.7 Å². The van der Waals surface area contributed by atoms with Crippen molar-refractivity contribution < 1.29 is 23.4 Å². The van der Waals surface area contributed by atoms with E-state index in [1.54, 1.807) is 0 Å². The third-order valence-electron chi connectivity index (χ3n) is 6.35. The maximum atomic E-state index is 14.9. The van der Waals surface area contributed by atoms with E-state index in [1.807, 2.05) is 26.8 Å². The molecule has 6 nitrogen and oxygen atoms in total. The number of nitrogens with zero attached hydrogens (tertiary/aromatic N) is 2. The topological polar surface area (TPSA) is 78.5 Å². The molecule has 3 heterocycles. The first-order valence-corrected chi connectivity index (χ1v) is 10.6. The minimum Gasteiger partial charge on any atom is -0.496 e. The standard InChI is InChI=1S/C24H27F2N3O3/c1-24(2,3)20-9-13(7-8-29(20)23(30)31)18-11-16-21(17(26)12-27-22(16)28-18)15-10-14(25)5-6-19(15)32-4/h5-6,10-13,20H,7-9H2,1-4H3,(H,27,28)(H,30,31). The van der Waals surface area contributed by atoms with E-state index in [0.717, 1.165) is 11.9 Å². The summed E-state index contributed by atoms with van der Waals surface area (Å²) in [5.74, 6) is -0.632. The molecule has 8 heteroatoms. The Kier molecular flexibility index (Phi) is 5.56. The van der Waals surface area contributed by atoms with Gasteiger partial charge in [-0.05, 0) is 42.5 Å². The Bertz CT molecular complexity index is 1170. The molecule has 0 spiro atoms. The molecule has 0 saturated carbocycles. The third-order valence-corrected chi connectivity index (χ3v) is 6.35. The summed E-state index contributed by atoms with van der Waals surface area (Å²) in [6.45, 7) is 6.52. The molecule has 2 atom stereocenters. The van der Waals surface area contributed by atoms with Crippen molar-refractivity contribution in [1.82, 2.24) is 14.9 Å². The minimum atomic E-state index is -0.913. The number of carboxylic acid groups (broad SMARTS) is 1. The number of piperidine rings is 1. The molecule has 3 aromatic rings. The number of pyridine rings is 1. The SMILES string of the molecule is COc1ccc(F)cc1-c1c(F)cnc2[nH]c(C3CCN(C(=O)O)C(C(C)(C)C)C3)cc12. The number of aromatic nitrogens is 2. The summed E-state index contributed by atoms with van der Waals surface area (Å²) in [5, 5.41) is 10.2. The normalized spacial score (nSPS) is 19.4. The van der Waals surface area contributed by atoms with Crippen LogP contribution in [-0.4, -0.2) is 45.8 Å². The monoisotopic (exact) mass is 443 g/mol. The van der Waals surface area contributed by atoms with Crippen molar-refractivity contribution in [2.24, 2.45) is 5.41 Å². The number of hydrogen-bond donors (Lipinski definition) is 2. The molecule has 4 rings (SSSR count). The number of halogens is 2. The van der Waals surface area contributed by atoms with Gasteiger partial charge in [-0.3, -0.25) is 0 Å². The minimum absolute atomic E-state index is 0.0642. The highest BCUT2D eigenvalue weighted by atomic mass is 19.1. The van der Waals surface area contributed by atoms with Gasteiger partial charge in [-0.25, -0.2) is 18.6 Å². The molecule has 0 aliphatic carbocycles. The molecule has 1 fully saturated rings. The van der Waals surface area contributed by atoms with E-state index < -0.39 is 17.7 Å². The van der Waals surface area contributed by atoms with Crippen LogP contribution in [0.1, 0.15) is 45.2 Å². The van der Waals surface area contributed by atoms with Crippen molar-refractivity contribution in [1.29, 1.82) is 0 Å². The number of amides is 1. The van der Waals surface area contributed by atoms with E-state index in [0.29, 0.717) is 41.7 Å². The Balaban J connectivity index is 1.78. The van der Waals surface area contributed by atoms with Crippen LogP contribution in [0, 0.1) is 17.0 Å². The predicted octanol–water partition coefficient (Wildman–Crippen LogP) is 5.79. The van der Waals surface area contributed by atoms with Gasteiger partial charge in [0.05, 0.1) is 13.3 Å². The van der Waals surface area contributed by atoms with E-state index in [4.69, 9.17) is 4.74 Å². The lowest BCUT2D eigenvalue weighted by Crippen LogP contribution is -2.51. The van der Waals surface area contributed by atoms with Gasteiger partial charge < -0.3 is 19.7 Å². The fourth-order valence-electron chi connectivity index (χ4n) is 4.74. The second-order valence-corrected chi connectivity index (χ2v) is 9.39. The average molecular weight is 443 g/mol. The summed E-state index contributed by atoms with van der Waals surface area (Å²) < 4.78 is 34.3. The van der Waals surface area contributed by atoms with Gasteiger partial charge in [0, 0.05) is 40.7 Å². The van der Waals surface area contributed by atoms with Gasteiger partial charge >= 0.3 is 6.09 Å². The maximum absolute atomic E-state index is 14.9. The van der Waals surface area contributed by atoms with Crippen LogP contribution in [0.5, 0.6) is 5.75 Å². The van der Waals surface area contributed by atoms with Crippen LogP contribution in [0.15, 0.2) is 30.5 Å². The molecule has 1 saturated heterocycles. The zero-order valence-electron chi connectivity index (χ0n) is 18.6. The molecule has 1 aliphatic heterocycles. The highest BCUT2D eigenvalue weighted by Crippen LogP contribution is 2.42. The van der Waals surface area contributed by atoms with Crippen molar-refractivity contribution in [3.8, 4) is 16.9 Å². The molecule has 2 N–H and O–H groups in total. The molecular formula is C24H27F2N3O3. The number of benzene rings is 1. The summed E-state index contributed by atoms with van der Waals surface area (Å²) in [7, 11) is 1.46. The van der Waals surface area contributed by atoms with Crippen molar-refractivity contribution in [3.05, 3.63) is 47.8 Å². The molecule has 2 aromatic heterocycles. The Morgan fingerprint density at radius 3 is 2.69 bits per heavy atom. The average Bonchev–Trinajstić information content (AvgIpc) is 3.16. The van der Waals surface area contributed by atoms with Gasteiger partial charge in [-0.1, -0.05) is 20.8 Å². The quantitative estimate of drug-likeness (QED) is 0.537. The zero-order chi connectivity index (χ0) is 23.2. The number of hydrogen-bond acceptors (Lipinski definition) is 3. The van der Waals surface area contributed by atoms with Gasteiger partial charge in [0.25, 0.3) is 0 Å². The Hall–Kier alpha value is -3.16. The summed E-state index contributed by atoms with van der Waals surface area (Å²) in [5.41, 5.74) is 1.68. The van der Waals surface area contributed by atoms with Crippen molar-refractivity contribution in [3.63, 3.8) is 0 Å². The number of carbonyl (C=O) groups is 1. The number of H-pyrrole nitrogens is 1. The molecule has 1 amide bonds. The van der Waals surface area contributed by atoms with Crippen LogP contribution in [0.3, 0.4) is 0 Å². The summed E-state index contributed by atoms with van der Waals surface area (Å²) in [6.07, 6.45) is 1.49. The van der Waals surface area contributed by atoms with Crippen LogP contribution in [0.4, 0.5) is 13.6 Å². The van der Waals surface area contributed by atoms with Gasteiger partial charge in [0.1, 0.15) is 23.0 Å². The molecule has 32 heavy (non-hydrogen) atoms. The van der Waals surface area contributed by atoms with Crippen LogP contribution in [0.2, 0.25) is 0 Å². The second-order valence-electron chi connectivity index (χ2n) is 9.39. The number of methoxy groups -OCH3 is 1. The number of ether oxygens (including phenoxy) is 1. The number of nitrogens with one attached hydrogen (secondary N) is 1. The van der Waals surface area contributed by atoms with Gasteiger partial charge in [-0.15, -0.1) is 0 Å². The summed E-state index contributed by atoms with van der Waals surface area (Å²) in [6, 6.07) is 5.69. The van der Waals surface area contributed by atoms with Crippen LogP contribution >= 0.6 is 0 Å². The first-order valence-electron chi connectivity index (χ1n) is 10.6. The number of aromatic amines is 1. The van der Waals surface area contributed by atoms with E-state index >= 15 is 0 Å². The fourth-order valence-corrected chi connectivity index (χ4v) is 4.74. The molecular weight excluding hydrogens is 416 g/mol. The molecule has 0 bridgehead atoms. The molecule has 170 valence electrons. The first-order chi connectivity index (χ1) is 15.1. The summed E-state index contributed by atoms with van der Waals surface area (Å²) >= 11 is 0. The summed E-state index contributed by atoms with van der Waals surface area (Å²) in [4.78, 5) is 20.8. The highest BCUT2D eigenvalue weighted by molar-refractivity contribution is 5.95. The number of fused-ring (bicyclic) bond motifs is 1. The maximum Gasteiger partial charge on any atom is 0.407 e. The highest BCUT2D eigenvalue weighted by Gasteiger charge is 2.39. The van der Waals surface area contributed by atoms with E-state index in [1.165, 1.54) is 30.2 Å². The molecule has 1 aromatic carbocycles. The Morgan fingerprint density at radius 2 is 2.03 bits per heavy atom. The molecule has 2 unspecified atom stereocenters. The molecule has 0 radical (unpaired) electrons. The van der Waals surface area contributed by atoms with Gasteiger partial charge in [-0.2, -0.15) is 0 Å².